The zero-order valence-electron chi connectivity index (χ0n) is 15.4. The summed E-state index contributed by atoms with van der Waals surface area (Å²) in [6.07, 6.45) is 3.42. The van der Waals surface area contributed by atoms with Gasteiger partial charge in [0.1, 0.15) is 11.5 Å². The molecule has 26 heavy (non-hydrogen) atoms. The van der Waals surface area contributed by atoms with E-state index in [1.807, 2.05) is 20.8 Å². The van der Waals surface area contributed by atoms with Crippen LogP contribution >= 0.6 is 0 Å². The van der Waals surface area contributed by atoms with Crippen molar-refractivity contribution in [3.05, 3.63) is 35.5 Å². The molecule has 0 saturated carbocycles. The van der Waals surface area contributed by atoms with E-state index in [-0.39, 0.29) is 28.7 Å². The van der Waals surface area contributed by atoms with Crippen molar-refractivity contribution in [1.29, 1.82) is 0 Å². The van der Waals surface area contributed by atoms with Gasteiger partial charge in [0.2, 0.25) is 0 Å². The fraction of sp³-hybridized carbons (Fsp3) is 0.529. The maximum atomic E-state index is 12.5. The molecule has 3 rings (SSSR count). The Kier molecular flexibility index (Phi) is 4.60. The minimum atomic E-state index is -3.07. The number of aryl methyl sites for hydroxylation is 1. The molecule has 8 nitrogen and oxygen atoms in total. The van der Waals surface area contributed by atoms with Crippen LogP contribution in [0.2, 0.25) is 0 Å². The molecule has 0 aromatic carbocycles. The van der Waals surface area contributed by atoms with Gasteiger partial charge in [-0.3, -0.25) is 9.78 Å². The molecule has 1 N–H and O–H groups in total. The topological polar surface area (TPSA) is 107 Å². The summed E-state index contributed by atoms with van der Waals surface area (Å²) >= 11 is 0. The Hall–Kier alpha value is -2.29. The molecule has 2 aromatic rings. The third kappa shape index (κ3) is 3.92. The van der Waals surface area contributed by atoms with E-state index in [1.165, 1.54) is 12.4 Å². The molecule has 0 aliphatic carbocycles. The van der Waals surface area contributed by atoms with E-state index in [4.69, 9.17) is 0 Å². The van der Waals surface area contributed by atoms with Crippen molar-refractivity contribution in [2.75, 3.05) is 16.8 Å². The second-order valence-corrected chi connectivity index (χ2v) is 9.89. The Bertz CT molecular complexity index is 926. The Morgan fingerprint density at radius 2 is 2.00 bits per heavy atom. The van der Waals surface area contributed by atoms with Crippen molar-refractivity contribution in [2.45, 2.75) is 45.6 Å². The molecule has 0 bridgehead atoms. The number of rotatable bonds is 3. The lowest BCUT2D eigenvalue weighted by Gasteiger charge is -2.15. The minimum Gasteiger partial charge on any atom is -0.305 e. The largest absolute Gasteiger partial charge is 0.305 e. The number of anilines is 1. The molecule has 9 heteroatoms. The van der Waals surface area contributed by atoms with Crippen molar-refractivity contribution in [3.63, 3.8) is 0 Å². The van der Waals surface area contributed by atoms with E-state index in [9.17, 15) is 13.2 Å². The highest BCUT2D eigenvalue weighted by atomic mass is 32.2. The molecule has 1 atom stereocenters. The van der Waals surface area contributed by atoms with E-state index in [1.54, 1.807) is 17.7 Å². The standard InChI is InChI=1S/C17H23N5O3S/c1-11-8-19-13(9-18-11)16(23)20-15-7-14(17(2,3)4)21-22(15)12-5-6-26(24,25)10-12/h7-9,12H,5-6,10H2,1-4H3,(H,20,23)/t12-/m1/s1. The van der Waals surface area contributed by atoms with E-state index < -0.39 is 15.7 Å². The molecule has 3 heterocycles. The number of amides is 1. The molecule has 0 unspecified atom stereocenters. The Morgan fingerprint density at radius 3 is 2.54 bits per heavy atom. The third-order valence-electron chi connectivity index (χ3n) is 4.31. The molecule has 140 valence electrons. The van der Waals surface area contributed by atoms with Gasteiger partial charge in [0.25, 0.3) is 5.91 Å². The summed E-state index contributed by atoms with van der Waals surface area (Å²) in [5.74, 6) is 0.245. The van der Waals surface area contributed by atoms with Gasteiger partial charge in [0.15, 0.2) is 9.84 Å². The number of nitrogens with zero attached hydrogens (tertiary/aromatic N) is 4. The van der Waals surface area contributed by atoms with Crippen LogP contribution in [-0.2, 0) is 15.3 Å². The summed E-state index contributed by atoms with van der Waals surface area (Å²) in [5, 5.41) is 7.40. The Balaban J connectivity index is 1.93. The van der Waals surface area contributed by atoms with Crippen molar-refractivity contribution >= 4 is 21.6 Å². The molecule has 1 amide bonds. The highest BCUT2D eigenvalue weighted by molar-refractivity contribution is 7.91. The number of nitrogens with one attached hydrogen (secondary N) is 1. The Labute approximate surface area is 153 Å². The van der Waals surface area contributed by atoms with Gasteiger partial charge in [-0.05, 0) is 13.3 Å². The van der Waals surface area contributed by atoms with E-state index in [0.717, 1.165) is 11.4 Å². The van der Waals surface area contributed by atoms with Gasteiger partial charge in [0, 0.05) is 17.7 Å². The quantitative estimate of drug-likeness (QED) is 0.875. The van der Waals surface area contributed by atoms with Crippen LogP contribution in [0.4, 0.5) is 5.82 Å². The number of hydrogen-bond donors (Lipinski definition) is 1. The molecular formula is C17H23N5O3S. The number of carbonyl (C=O) groups is 1. The van der Waals surface area contributed by atoms with Crippen LogP contribution in [0.3, 0.4) is 0 Å². The summed E-state index contributed by atoms with van der Waals surface area (Å²) < 4.78 is 25.3. The van der Waals surface area contributed by atoms with Crippen LogP contribution in [0.15, 0.2) is 18.5 Å². The molecule has 0 radical (unpaired) electrons. The first kappa shape index (κ1) is 18.5. The fourth-order valence-corrected chi connectivity index (χ4v) is 4.48. The average Bonchev–Trinajstić information content (AvgIpc) is 3.10. The lowest BCUT2D eigenvalue weighted by Crippen LogP contribution is -2.20. The van der Waals surface area contributed by atoms with Crippen LogP contribution in [0, 0.1) is 6.92 Å². The van der Waals surface area contributed by atoms with Gasteiger partial charge in [-0.25, -0.2) is 18.1 Å². The predicted molar refractivity (Wildman–Crippen MR) is 98.0 cm³/mol. The first-order valence-electron chi connectivity index (χ1n) is 8.46. The zero-order valence-corrected chi connectivity index (χ0v) is 16.2. The van der Waals surface area contributed by atoms with Gasteiger partial charge in [-0.2, -0.15) is 5.10 Å². The van der Waals surface area contributed by atoms with Gasteiger partial charge in [-0.1, -0.05) is 20.8 Å². The first-order valence-corrected chi connectivity index (χ1v) is 10.3. The molecule has 1 aliphatic rings. The van der Waals surface area contributed by atoms with Crippen LogP contribution in [-0.4, -0.2) is 45.6 Å². The maximum absolute atomic E-state index is 12.5. The predicted octanol–water partition coefficient (Wildman–Crippen LogP) is 1.89. The zero-order chi connectivity index (χ0) is 19.1. The van der Waals surface area contributed by atoms with Gasteiger partial charge in [0.05, 0.1) is 35.1 Å². The van der Waals surface area contributed by atoms with Crippen LogP contribution < -0.4 is 5.32 Å². The molecule has 2 aromatic heterocycles. The Morgan fingerprint density at radius 1 is 1.27 bits per heavy atom. The summed E-state index contributed by atoms with van der Waals surface area (Å²) in [7, 11) is -3.07. The molecule has 1 saturated heterocycles. The summed E-state index contributed by atoms with van der Waals surface area (Å²) in [6, 6.07) is 1.51. The number of hydrogen-bond acceptors (Lipinski definition) is 6. The maximum Gasteiger partial charge on any atom is 0.277 e. The smallest absolute Gasteiger partial charge is 0.277 e. The van der Waals surface area contributed by atoms with Crippen LogP contribution in [0.25, 0.3) is 0 Å². The van der Waals surface area contributed by atoms with Gasteiger partial charge < -0.3 is 5.32 Å². The summed E-state index contributed by atoms with van der Waals surface area (Å²) in [5.41, 5.74) is 1.47. The highest BCUT2D eigenvalue weighted by Crippen LogP contribution is 2.31. The first-order chi connectivity index (χ1) is 12.0. The van der Waals surface area contributed by atoms with E-state index in [0.29, 0.717) is 12.2 Å². The van der Waals surface area contributed by atoms with Crippen molar-refractivity contribution in [1.82, 2.24) is 19.7 Å². The van der Waals surface area contributed by atoms with E-state index >= 15 is 0 Å². The lowest BCUT2D eigenvalue weighted by atomic mass is 9.92. The van der Waals surface area contributed by atoms with Gasteiger partial charge in [-0.15, -0.1) is 0 Å². The third-order valence-corrected chi connectivity index (χ3v) is 6.06. The van der Waals surface area contributed by atoms with Crippen molar-refractivity contribution < 1.29 is 13.2 Å². The molecule has 1 fully saturated rings. The summed E-state index contributed by atoms with van der Waals surface area (Å²) in [4.78, 5) is 20.7. The monoisotopic (exact) mass is 377 g/mol. The second-order valence-electron chi connectivity index (χ2n) is 7.66. The molecule has 0 spiro atoms. The molecule has 1 aliphatic heterocycles. The SMILES string of the molecule is Cc1cnc(C(=O)Nc2cc(C(C)(C)C)nn2[C@@H]2CCS(=O)(=O)C2)cn1. The average molecular weight is 377 g/mol. The van der Waals surface area contributed by atoms with Crippen molar-refractivity contribution in [3.8, 4) is 0 Å². The number of carbonyl (C=O) groups excluding carboxylic acids is 1. The fourth-order valence-electron chi connectivity index (χ4n) is 2.79. The van der Waals surface area contributed by atoms with Crippen LogP contribution in [0.5, 0.6) is 0 Å². The summed E-state index contributed by atoms with van der Waals surface area (Å²) in [6.45, 7) is 7.84. The highest BCUT2D eigenvalue weighted by Gasteiger charge is 2.33. The second kappa shape index (κ2) is 6.46. The number of aromatic nitrogens is 4. The van der Waals surface area contributed by atoms with Crippen LogP contribution in [0.1, 0.15) is 55.1 Å². The normalized spacial score (nSPS) is 19.5. The lowest BCUT2D eigenvalue weighted by molar-refractivity contribution is 0.102. The van der Waals surface area contributed by atoms with Crippen molar-refractivity contribution in [2.24, 2.45) is 0 Å². The minimum absolute atomic E-state index is 0.0332. The number of sulfone groups is 1. The van der Waals surface area contributed by atoms with E-state index in [2.05, 4.69) is 20.4 Å². The van der Waals surface area contributed by atoms with Gasteiger partial charge >= 0.3 is 0 Å². The molecular weight excluding hydrogens is 354 g/mol.